The molecule has 2 aromatic carbocycles. The van der Waals surface area contributed by atoms with Crippen molar-refractivity contribution in [1.82, 2.24) is 10.2 Å². The Balaban J connectivity index is 2.33. The molecule has 6 heteroatoms. The summed E-state index contributed by atoms with van der Waals surface area (Å²) in [4.78, 5) is 27.6. The van der Waals surface area contributed by atoms with Crippen LogP contribution in [0.4, 0.5) is 4.39 Å². The molecule has 0 aliphatic carbocycles. The van der Waals surface area contributed by atoms with Crippen LogP contribution in [0.25, 0.3) is 0 Å². The highest BCUT2D eigenvalue weighted by atomic mass is 35.5. The van der Waals surface area contributed by atoms with Crippen LogP contribution >= 0.6 is 11.6 Å². The van der Waals surface area contributed by atoms with Gasteiger partial charge in [0.25, 0.3) is 0 Å². The van der Waals surface area contributed by atoms with Crippen LogP contribution in [0, 0.1) is 5.82 Å². The van der Waals surface area contributed by atoms with Gasteiger partial charge in [-0.15, -0.1) is 0 Å². The lowest BCUT2D eigenvalue weighted by atomic mass is 10.1. The first-order valence-electron chi connectivity index (χ1n) is 9.94. The molecule has 0 saturated heterocycles. The van der Waals surface area contributed by atoms with E-state index in [1.807, 2.05) is 39.0 Å². The molecule has 2 rings (SSSR count). The highest BCUT2D eigenvalue weighted by molar-refractivity contribution is 6.31. The van der Waals surface area contributed by atoms with Gasteiger partial charge in [-0.25, -0.2) is 4.39 Å². The second-order valence-electron chi connectivity index (χ2n) is 7.12. The summed E-state index contributed by atoms with van der Waals surface area (Å²) in [6.07, 6.45) is 1.11. The predicted octanol–water partition coefficient (Wildman–Crippen LogP) is 4.74. The van der Waals surface area contributed by atoms with Crippen LogP contribution in [0.1, 0.15) is 44.7 Å². The Morgan fingerprint density at radius 2 is 1.66 bits per heavy atom. The molecule has 4 nitrogen and oxygen atoms in total. The molecule has 0 bridgehead atoms. The maximum atomic E-state index is 14.1. The van der Waals surface area contributed by atoms with Gasteiger partial charge in [0, 0.05) is 17.6 Å². The van der Waals surface area contributed by atoms with Crippen molar-refractivity contribution in [3.63, 3.8) is 0 Å². The highest BCUT2D eigenvalue weighted by Gasteiger charge is 2.30. The Morgan fingerprint density at radius 1 is 1.03 bits per heavy atom. The SMILES string of the molecule is CCC(C)NC(=O)C(CC)N(Cc1ccccc1Cl)C(=O)Cc1ccccc1F. The molecule has 2 aromatic rings. The third-order valence-corrected chi connectivity index (χ3v) is 5.35. The Hall–Kier alpha value is -2.40. The van der Waals surface area contributed by atoms with Crippen molar-refractivity contribution in [2.45, 2.75) is 58.7 Å². The number of nitrogens with one attached hydrogen (secondary N) is 1. The van der Waals surface area contributed by atoms with Crippen molar-refractivity contribution in [3.05, 3.63) is 70.5 Å². The number of benzene rings is 2. The van der Waals surface area contributed by atoms with Gasteiger partial charge in [0.1, 0.15) is 11.9 Å². The van der Waals surface area contributed by atoms with Gasteiger partial charge in [-0.2, -0.15) is 0 Å². The maximum absolute atomic E-state index is 14.1. The van der Waals surface area contributed by atoms with Crippen molar-refractivity contribution < 1.29 is 14.0 Å². The third-order valence-electron chi connectivity index (χ3n) is 4.98. The second-order valence-corrected chi connectivity index (χ2v) is 7.53. The number of amides is 2. The number of hydrogen-bond donors (Lipinski definition) is 1. The van der Waals surface area contributed by atoms with E-state index in [4.69, 9.17) is 11.6 Å². The van der Waals surface area contributed by atoms with Crippen molar-refractivity contribution in [2.75, 3.05) is 0 Å². The van der Waals surface area contributed by atoms with Crippen molar-refractivity contribution in [3.8, 4) is 0 Å². The van der Waals surface area contributed by atoms with E-state index in [1.165, 1.54) is 11.0 Å². The number of rotatable bonds is 9. The summed E-state index contributed by atoms with van der Waals surface area (Å²) >= 11 is 6.29. The lowest BCUT2D eigenvalue weighted by Crippen LogP contribution is -2.51. The van der Waals surface area contributed by atoms with Crippen LogP contribution in [0.3, 0.4) is 0 Å². The molecule has 0 aliphatic heterocycles. The molecule has 0 aromatic heterocycles. The molecule has 0 aliphatic rings. The van der Waals surface area contributed by atoms with Gasteiger partial charge in [0.2, 0.25) is 11.8 Å². The van der Waals surface area contributed by atoms with E-state index in [0.717, 1.165) is 12.0 Å². The molecular formula is C23H28ClFN2O2. The molecular weight excluding hydrogens is 391 g/mol. The Morgan fingerprint density at radius 3 is 2.24 bits per heavy atom. The zero-order chi connectivity index (χ0) is 21.4. The lowest BCUT2D eigenvalue weighted by Gasteiger charge is -2.32. The highest BCUT2D eigenvalue weighted by Crippen LogP contribution is 2.21. The number of hydrogen-bond acceptors (Lipinski definition) is 2. The van der Waals surface area contributed by atoms with Crippen LogP contribution in [-0.2, 0) is 22.6 Å². The normalized spacial score (nSPS) is 12.9. The van der Waals surface area contributed by atoms with Gasteiger partial charge < -0.3 is 10.2 Å². The first-order valence-corrected chi connectivity index (χ1v) is 10.3. The van der Waals surface area contributed by atoms with E-state index < -0.39 is 11.9 Å². The number of carbonyl (C=O) groups excluding carboxylic acids is 2. The number of carbonyl (C=O) groups is 2. The average molecular weight is 419 g/mol. The fourth-order valence-electron chi connectivity index (χ4n) is 3.08. The van der Waals surface area contributed by atoms with E-state index in [9.17, 15) is 14.0 Å². The quantitative estimate of drug-likeness (QED) is 0.639. The van der Waals surface area contributed by atoms with Crippen molar-refractivity contribution in [2.24, 2.45) is 0 Å². The largest absolute Gasteiger partial charge is 0.352 e. The molecule has 0 saturated carbocycles. The minimum absolute atomic E-state index is 0.000355. The summed E-state index contributed by atoms with van der Waals surface area (Å²) in [7, 11) is 0. The maximum Gasteiger partial charge on any atom is 0.243 e. The van der Waals surface area contributed by atoms with E-state index in [1.54, 1.807) is 24.3 Å². The summed E-state index contributed by atoms with van der Waals surface area (Å²) in [5, 5.41) is 3.47. The molecule has 0 radical (unpaired) electrons. The molecule has 156 valence electrons. The van der Waals surface area contributed by atoms with Gasteiger partial charge in [-0.3, -0.25) is 9.59 Å². The summed E-state index contributed by atoms with van der Waals surface area (Å²) < 4.78 is 14.1. The summed E-state index contributed by atoms with van der Waals surface area (Å²) in [6.45, 7) is 5.94. The number of halogens is 2. The van der Waals surface area contributed by atoms with E-state index >= 15 is 0 Å². The van der Waals surface area contributed by atoms with Crippen LogP contribution in [-0.4, -0.2) is 28.8 Å². The van der Waals surface area contributed by atoms with Crippen LogP contribution in [0.15, 0.2) is 48.5 Å². The van der Waals surface area contributed by atoms with Crippen LogP contribution in [0.5, 0.6) is 0 Å². The summed E-state index contributed by atoms with van der Waals surface area (Å²) in [5.41, 5.74) is 1.05. The molecule has 1 N–H and O–H groups in total. The van der Waals surface area contributed by atoms with Crippen LogP contribution in [0.2, 0.25) is 5.02 Å². The first kappa shape index (κ1) is 22.9. The molecule has 29 heavy (non-hydrogen) atoms. The summed E-state index contributed by atoms with van der Waals surface area (Å²) in [5.74, 6) is -0.965. The monoisotopic (exact) mass is 418 g/mol. The fourth-order valence-corrected chi connectivity index (χ4v) is 3.27. The lowest BCUT2D eigenvalue weighted by molar-refractivity contribution is -0.141. The van der Waals surface area contributed by atoms with Gasteiger partial charge in [-0.05, 0) is 43.0 Å². The van der Waals surface area contributed by atoms with Gasteiger partial charge in [-0.1, -0.05) is 61.8 Å². The molecule has 0 spiro atoms. The molecule has 0 fully saturated rings. The van der Waals surface area contributed by atoms with Gasteiger partial charge >= 0.3 is 0 Å². The minimum atomic E-state index is -0.667. The van der Waals surface area contributed by atoms with E-state index in [0.29, 0.717) is 17.0 Å². The van der Waals surface area contributed by atoms with Crippen molar-refractivity contribution in [1.29, 1.82) is 0 Å². The third kappa shape index (κ3) is 6.29. The Kier molecular flexibility index (Phi) is 8.65. The summed E-state index contributed by atoms with van der Waals surface area (Å²) in [6, 6.07) is 12.7. The predicted molar refractivity (Wildman–Crippen MR) is 114 cm³/mol. The smallest absolute Gasteiger partial charge is 0.243 e. The fraction of sp³-hybridized carbons (Fsp3) is 0.391. The molecule has 2 unspecified atom stereocenters. The second kappa shape index (κ2) is 11.0. The molecule has 2 atom stereocenters. The zero-order valence-corrected chi connectivity index (χ0v) is 17.9. The van der Waals surface area contributed by atoms with E-state index in [2.05, 4.69) is 5.32 Å². The standard InChI is InChI=1S/C23H28ClFN2O2/c1-4-16(3)26-23(29)21(5-2)27(15-18-11-6-8-12-19(18)24)22(28)14-17-10-7-9-13-20(17)25/h6-13,16,21H,4-5,14-15H2,1-3H3,(H,26,29). The van der Waals surface area contributed by atoms with Gasteiger partial charge in [0.15, 0.2) is 0 Å². The average Bonchev–Trinajstić information content (AvgIpc) is 2.70. The number of nitrogens with zero attached hydrogens (tertiary/aromatic N) is 1. The minimum Gasteiger partial charge on any atom is -0.352 e. The van der Waals surface area contributed by atoms with E-state index in [-0.39, 0.29) is 30.8 Å². The first-order chi connectivity index (χ1) is 13.9. The van der Waals surface area contributed by atoms with Crippen LogP contribution < -0.4 is 5.32 Å². The van der Waals surface area contributed by atoms with Gasteiger partial charge in [0.05, 0.1) is 6.42 Å². The Bertz CT molecular complexity index is 843. The zero-order valence-electron chi connectivity index (χ0n) is 17.1. The molecule has 0 heterocycles. The topological polar surface area (TPSA) is 49.4 Å². The Labute approximate surface area is 177 Å². The van der Waals surface area contributed by atoms with Crippen molar-refractivity contribution >= 4 is 23.4 Å². The molecule has 2 amide bonds.